The maximum Gasteiger partial charge on any atom is 0.407 e. The lowest BCUT2D eigenvalue weighted by Crippen LogP contribution is -2.50. The highest BCUT2D eigenvalue weighted by molar-refractivity contribution is 8.13. The molecule has 0 unspecified atom stereocenters. The number of benzene rings is 4. The molecule has 0 spiro atoms. The molecule has 2 atom stereocenters. The van der Waals surface area contributed by atoms with Gasteiger partial charge in [0.15, 0.2) is 5.12 Å². The maximum absolute atomic E-state index is 13.8. The van der Waals surface area contributed by atoms with Crippen LogP contribution in [-0.4, -0.2) is 84.5 Å². The summed E-state index contributed by atoms with van der Waals surface area (Å²) in [5.74, 6) is -1.39. The molecule has 11 nitrogen and oxygen atoms in total. The number of ether oxygens (including phenoxy) is 2. The molecule has 4 aromatic carbocycles. The molecule has 0 aromatic heterocycles. The zero-order valence-corrected chi connectivity index (χ0v) is 41.0. The van der Waals surface area contributed by atoms with Crippen LogP contribution in [0.15, 0.2) is 109 Å². The fourth-order valence-electron chi connectivity index (χ4n) is 7.12. The molecule has 0 aliphatic heterocycles. The number of thioether (sulfide) groups is 1. The third kappa shape index (κ3) is 25.8. The van der Waals surface area contributed by atoms with Gasteiger partial charge in [0.2, 0.25) is 0 Å². The lowest BCUT2D eigenvalue weighted by Gasteiger charge is -2.39. The number of unbranched alkanes of at least 4 members (excludes halogenated alkanes) is 3. The largest absolute Gasteiger partial charge is 0.748 e. The molecule has 15 heteroatoms. The monoisotopic (exact) mass is 955 g/mol. The average molecular weight is 956 g/mol. The van der Waals surface area contributed by atoms with E-state index >= 15 is 0 Å². The quantitative estimate of drug-likeness (QED) is 0.0489. The second kappa shape index (κ2) is 32.8. The van der Waals surface area contributed by atoms with Gasteiger partial charge in [-0.1, -0.05) is 156 Å². The SMILES string of the molecule is CC(=O)SC[C@@H](Cc1ccccc1F)NC(=O)OCc1ccccc1.CCCC[N+](CCC)(CCCC)CCCC.O=C(N[C@H](Cc1ccccc1F)CS(=O)(=O)[O-])OCc1ccccc1. The number of carbonyl (C=O) groups is 3. The van der Waals surface area contributed by atoms with Crippen LogP contribution in [0.5, 0.6) is 0 Å². The van der Waals surface area contributed by atoms with Gasteiger partial charge < -0.3 is 29.1 Å². The number of nitrogens with zero attached hydrogens (tertiary/aromatic N) is 1. The van der Waals surface area contributed by atoms with E-state index in [0.29, 0.717) is 11.3 Å². The Balaban J connectivity index is 0.000000350. The molecule has 0 saturated heterocycles. The molecule has 0 fully saturated rings. The van der Waals surface area contributed by atoms with Crippen LogP contribution in [0.4, 0.5) is 18.4 Å². The van der Waals surface area contributed by atoms with E-state index in [-0.39, 0.29) is 42.6 Å². The number of hydrogen-bond acceptors (Lipinski definition) is 9. The van der Waals surface area contributed by atoms with E-state index in [4.69, 9.17) is 9.47 Å². The average Bonchev–Trinajstić information content (AvgIpc) is 3.29. The third-order valence-electron chi connectivity index (χ3n) is 10.5. The molecule has 0 bridgehead atoms. The highest BCUT2D eigenvalue weighted by Crippen LogP contribution is 2.17. The molecule has 0 saturated carbocycles. The standard InChI is InChI=1S/C19H20FNO3S.C17H18FNO5S.C15H34N/c1-14(22)25-13-17(11-16-9-5-6-10-18(16)20)21-19(23)24-12-15-7-3-2-4-8-15;18-16-9-5-4-8-14(16)10-15(12-25(21,22)23)19-17(20)24-11-13-6-2-1-3-7-13;1-5-9-13-16(12-8-4,14-10-6-2)15-11-7-3/h2-10,17H,11-13H2,1H3,(H,21,23);1-9,15H,10-12H2,(H,19,20)(H,21,22,23);5-15H2,1-4H3/q;;+1/p-1/t17-;15-;/m11./s1. The van der Waals surface area contributed by atoms with E-state index in [1.54, 1.807) is 48.5 Å². The molecule has 0 aliphatic carbocycles. The topological polar surface area (TPSA) is 151 Å². The fraction of sp³-hybridized carbons (Fsp3) is 0.471. The van der Waals surface area contributed by atoms with Crippen molar-refractivity contribution in [3.63, 3.8) is 0 Å². The van der Waals surface area contributed by atoms with Gasteiger partial charge in [0.1, 0.15) is 24.8 Å². The Morgan fingerprint density at radius 2 is 1.00 bits per heavy atom. The van der Waals surface area contributed by atoms with E-state index < -0.39 is 46.0 Å². The van der Waals surface area contributed by atoms with Gasteiger partial charge in [-0.15, -0.1) is 0 Å². The second-order valence-electron chi connectivity index (χ2n) is 16.2. The maximum atomic E-state index is 13.8. The van der Waals surface area contributed by atoms with E-state index in [2.05, 4.69) is 38.3 Å². The predicted molar refractivity (Wildman–Crippen MR) is 260 cm³/mol. The fourth-order valence-corrected chi connectivity index (χ4v) is 8.45. The van der Waals surface area contributed by atoms with E-state index in [9.17, 15) is 36.1 Å². The Bertz CT molecular complexity index is 2060. The predicted octanol–water partition coefficient (Wildman–Crippen LogP) is 10.8. The summed E-state index contributed by atoms with van der Waals surface area (Å²) in [6, 6.07) is 28.8. The first-order chi connectivity index (χ1) is 31.6. The normalized spacial score (nSPS) is 12.0. The van der Waals surface area contributed by atoms with Gasteiger partial charge in [0.05, 0.1) is 42.1 Å². The Hall–Kier alpha value is -4.83. The zero-order chi connectivity index (χ0) is 48.6. The summed E-state index contributed by atoms with van der Waals surface area (Å²) in [5, 5.41) is 4.97. The van der Waals surface area contributed by atoms with Crippen LogP contribution in [0, 0.1) is 11.6 Å². The summed E-state index contributed by atoms with van der Waals surface area (Å²) >= 11 is 1.09. The molecule has 0 heterocycles. The number of rotatable bonds is 25. The first kappa shape index (κ1) is 57.3. The smallest absolute Gasteiger partial charge is 0.407 e. The molecule has 364 valence electrons. The van der Waals surface area contributed by atoms with Crippen LogP contribution < -0.4 is 10.6 Å². The summed E-state index contributed by atoms with van der Waals surface area (Å²) in [5.41, 5.74) is 2.31. The summed E-state index contributed by atoms with van der Waals surface area (Å²) in [6.45, 7) is 16.6. The van der Waals surface area contributed by atoms with Crippen molar-refractivity contribution in [3.8, 4) is 0 Å². The van der Waals surface area contributed by atoms with Crippen LogP contribution in [-0.2, 0) is 50.4 Å². The van der Waals surface area contributed by atoms with Crippen molar-refractivity contribution >= 4 is 39.2 Å². The zero-order valence-electron chi connectivity index (χ0n) is 39.4. The van der Waals surface area contributed by atoms with Crippen molar-refractivity contribution in [2.45, 2.75) is 118 Å². The molecule has 66 heavy (non-hydrogen) atoms. The van der Waals surface area contributed by atoms with Gasteiger partial charge in [-0.05, 0) is 72.9 Å². The van der Waals surface area contributed by atoms with Gasteiger partial charge in [0, 0.05) is 24.8 Å². The second-order valence-corrected chi connectivity index (χ2v) is 18.9. The number of quaternary nitrogens is 1. The minimum absolute atomic E-state index is 0.0107. The highest BCUT2D eigenvalue weighted by atomic mass is 32.2. The number of carbonyl (C=O) groups excluding carboxylic acids is 3. The van der Waals surface area contributed by atoms with Crippen LogP contribution in [0.1, 0.15) is 102 Å². The van der Waals surface area contributed by atoms with Crippen molar-refractivity contribution in [2.75, 3.05) is 37.7 Å². The molecule has 2 N–H and O–H groups in total. The van der Waals surface area contributed by atoms with E-state index in [1.807, 2.05) is 36.4 Å². The first-order valence-corrected chi connectivity index (χ1v) is 25.5. The Morgan fingerprint density at radius 3 is 1.38 bits per heavy atom. The minimum Gasteiger partial charge on any atom is -0.748 e. The molecular weight excluding hydrogens is 885 g/mol. The van der Waals surface area contributed by atoms with Gasteiger partial charge in [-0.2, -0.15) is 0 Å². The van der Waals surface area contributed by atoms with Gasteiger partial charge >= 0.3 is 12.2 Å². The third-order valence-corrected chi connectivity index (χ3v) is 12.3. The van der Waals surface area contributed by atoms with Crippen LogP contribution in [0.2, 0.25) is 0 Å². The molecule has 4 aromatic rings. The lowest BCUT2D eigenvalue weighted by molar-refractivity contribution is -0.928. The van der Waals surface area contributed by atoms with Crippen LogP contribution in [0.3, 0.4) is 0 Å². The van der Waals surface area contributed by atoms with Crippen LogP contribution in [0.25, 0.3) is 0 Å². The summed E-state index contributed by atoms with van der Waals surface area (Å²) in [4.78, 5) is 35.1. The number of alkyl carbamates (subject to hydrolysis) is 2. The lowest BCUT2D eigenvalue weighted by atomic mass is 10.1. The van der Waals surface area contributed by atoms with Crippen molar-refractivity contribution in [1.82, 2.24) is 10.6 Å². The van der Waals surface area contributed by atoms with Crippen molar-refractivity contribution in [2.24, 2.45) is 0 Å². The van der Waals surface area contributed by atoms with Gasteiger partial charge in [0.25, 0.3) is 0 Å². The summed E-state index contributed by atoms with van der Waals surface area (Å²) < 4.78 is 72.3. The summed E-state index contributed by atoms with van der Waals surface area (Å²) in [7, 11) is -4.61. The number of hydrogen-bond donors (Lipinski definition) is 2. The Morgan fingerprint density at radius 1 is 0.606 bits per heavy atom. The van der Waals surface area contributed by atoms with Crippen molar-refractivity contribution < 1.29 is 50.1 Å². The first-order valence-electron chi connectivity index (χ1n) is 23.0. The number of halogens is 2. The molecule has 4 rings (SSSR count). The Kier molecular flexibility index (Phi) is 28.5. The molecule has 2 amide bonds. The minimum atomic E-state index is -4.61. The van der Waals surface area contributed by atoms with Crippen molar-refractivity contribution in [3.05, 3.63) is 143 Å². The van der Waals surface area contributed by atoms with Gasteiger partial charge in [-0.3, -0.25) is 4.79 Å². The summed E-state index contributed by atoms with van der Waals surface area (Å²) in [6.07, 6.45) is 8.29. The molecule has 0 radical (unpaired) electrons. The van der Waals surface area contributed by atoms with E-state index in [1.165, 1.54) is 107 Å². The molecule has 0 aliphatic rings. The molecular formula is C51H71F2N3O8S2. The highest BCUT2D eigenvalue weighted by Gasteiger charge is 2.24. The van der Waals surface area contributed by atoms with Crippen molar-refractivity contribution in [1.29, 1.82) is 0 Å². The van der Waals surface area contributed by atoms with Crippen LogP contribution >= 0.6 is 11.8 Å². The van der Waals surface area contributed by atoms with E-state index in [0.717, 1.165) is 22.9 Å². The number of nitrogens with one attached hydrogen (secondary N) is 2. The number of amides is 2. The van der Waals surface area contributed by atoms with Gasteiger partial charge in [-0.25, -0.2) is 26.8 Å². The Labute approximate surface area is 396 Å².